The highest BCUT2D eigenvalue weighted by Gasteiger charge is 2.18. The fraction of sp³-hybridized carbons (Fsp3) is 0.200. The summed E-state index contributed by atoms with van der Waals surface area (Å²) in [5.74, 6) is -0.906. The van der Waals surface area contributed by atoms with Gasteiger partial charge in [0.2, 0.25) is 5.78 Å². The van der Waals surface area contributed by atoms with Crippen molar-refractivity contribution in [3.63, 3.8) is 0 Å². The van der Waals surface area contributed by atoms with Gasteiger partial charge in [-0.05, 0) is 17.9 Å². The van der Waals surface area contributed by atoms with Gasteiger partial charge in [-0.2, -0.15) is 0 Å². The molecule has 0 aliphatic carbocycles. The van der Waals surface area contributed by atoms with Crippen LogP contribution in [0.4, 0.5) is 4.39 Å². The molecule has 1 aromatic rings. The lowest BCUT2D eigenvalue weighted by Gasteiger charge is -1.99. The molecule has 4 heteroatoms. The second kappa shape index (κ2) is 4.91. The first-order valence-corrected chi connectivity index (χ1v) is 5.11. The molecule has 0 spiro atoms. The second-order valence-corrected chi connectivity index (χ2v) is 3.77. The summed E-state index contributed by atoms with van der Waals surface area (Å²) in [5.41, 5.74) is -0.154. The summed E-state index contributed by atoms with van der Waals surface area (Å²) in [4.78, 5) is 22.5. The van der Waals surface area contributed by atoms with Crippen LogP contribution in [0.5, 0.6) is 0 Å². The maximum absolute atomic E-state index is 13.1. The zero-order valence-corrected chi connectivity index (χ0v) is 8.44. The second-order valence-electron chi connectivity index (χ2n) is 2.53. The Hall–Kier alpha value is -1.16. The number of ketones is 1. The first-order valence-electron chi connectivity index (χ1n) is 4.12. The number of rotatable bonds is 3. The van der Waals surface area contributed by atoms with E-state index < -0.39 is 16.7 Å². The van der Waals surface area contributed by atoms with Crippen LogP contribution in [-0.2, 0) is 4.79 Å². The van der Waals surface area contributed by atoms with Gasteiger partial charge in [0, 0.05) is 0 Å². The third-order valence-corrected chi connectivity index (χ3v) is 2.32. The number of hydrogen-bond donors (Lipinski definition) is 0. The number of halogens is 1. The molecule has 0 aliphatic heterocycles. The van der Waals surface area contributed by atoms with E-state index >= 15 is 0 Å². The number of carbonyl (C=O) groups is 2. The van der Waals surface area contributed by atoms with Gasteiger partial charge in [-0.15, -0.1) is 0 Å². The lowest BCUT2D eigenvalue weighted by Crippen LogP contribution is -2.12. The topological polar surface area (TPSA) is 34.1 Å². The van der Waals surface area contributed by atoms with Crippen LogP contribution in [0.2, 0.25) is 0 Å². The molecule has 0 amide bonds. The number of carbonyl (C=O) groups excluding carboxylic acids is 2. The van der Waals surface area contributed by atoms with Crippen molar-refractivity contribution in [1.29, 1.82) is 0 Å². The molecule has 2 nitrogen and oxygen atoms in total. The molecule has 0 unspecified atom stereocenters. The minimum absolute atomic E-state index is 0.154. The van der Waals surface area contributed by atoms with Crippen LogP contribution in [0.15, 0.2) is 24.3 Å². The highest BCUT2D eigenvalue weighted by molar-refractivity contribution is 8.15. The smallest absolute Gasteiger partial charge is 0.260 e. The quantitative estimate of drug-likeness (QED) is 0.569. The molecule has 1 rings (SSSR count). The van der Waals surface area contributed by atoms with Gasteiger partial charge in [-0.25, -0.2) is 4.39 Å². The fourth-order valence-electron chi connectivity index (χ4n) is 0.952. The average molecular weight is 212 g/mol. The van der Waals surface area contributed by atoms with Crippen molar-refractivity contribution in [2.75, 3.05) is 5.75 Å². The largest absolute Gasteiger partial charge is 0.284 e. The van der Waals surface area contributed by atoms with Gasteiger partial charge < -0.3 is 0 Å². The molecule has 0 heterocycles. The van der Waals surface area contributed by atoms with Gasteiger partial charge in [-0.3, -0.25) is 9.59 Å². The van der Waals surface area contributed by atoms with E-state index in [1.165, 1.54) is 18.2 Å². The average Bonchev–Trinajstić information content (AvgIpc) is 2.18. The molecule has 1 aromatic carbocycles. The van der Waals surface area contributed by atoms with Crippen LogP contribution in [-0.4, -0.2) is 16.7 Å². The normalized spacial score (nSPS) is 9.86. The van der Waals surface area contributed by atoms with Crippen LogP contribution in [0.1, 0.15) is 17.3 Å². The maximum Gasteiger partial charge on any atom is 0.260 e. The molecule has 0 radical (unpaired) electrons. The Labute approximate surface area is 85.5 Å². The third kappa shape index (κ3) is 2.42. The van der Waals surface area contributed by atoms with E-state index in [2.05, 4.69) is 0 Å². The van der Waals surface area contributed by atoms with E-state index in [4.69, 9.17) is 0 Å². The van der Waals surface area contributed by atoms with E-state index in [0.29, 0.717) is 5.75 Å². The summed E-state index contributed by atoms with van der Waals surface area (Å²) >= 11 is 0.888. The number of hydrogen-bond acceptors (Lipinski definition) is 3. The van der Waals surface area contributed by atoms with Crippen LogP contribution < -0.4 is 0 Å². The van der Waals surface area contributed by atoms with Crippen LogP contribution in [0.3, 0.4) is 0 Å². The van der Waals surface area contributed by atoms with Gasteiger partial charge in [0.25, 0.3) is 5.12 Å². The van der Waals surface area contributed by atoms with Crippen LogP contribution in [0, 0.1) is 5.82 Å². The molecule has 0 saturated heterocycles. The Bertz CT molecular complexity index is 363. The van der Waals surface area contributed by atoms with Crippen LogP contribution in [0.25, 0.3) is 0 Å². The Balaban J connectivity index is 2.90. The standard InChI is InChI=1S/C10H9FO2S/c1-2-14-10(13)9(12)7-5-3-4-6-8(7)11/h3-6H,2H2,1H3. The SMILES string of the molecule is CCSC(=O)C(=O)c1ccccc1F. The first kappa shape index (κ1) is 10.9. The van der Waals surface area contributed by atoms with E-state index in [-0.39, 0.29) is 5.56 Å². The highest BCUT2D eigenvalue weighted by Crippen LogP contribution is 2.12. The Kier molecular flexibility index (Phi) is 3.83. The molecule has 0 aromatic heterocycles. The Morgan fingerprint density at radius 2 is 2.00 bits per heavy atom. The van der Waals surface area contributed by atoms with E-state index in [1.807, 2.05) is 0 Å². The molecule has 0 N–H and O–H groups in total. The lowest BCUT2D eigenvalue weighted by atomic mass is 10.1. The Morgan fingerprint density at radius 3 is 2.57 bits per heavy atom. The summed E-state index contributed by atoms with van der Waals surface area (Å²) in [7, 11) is 0. The minimum Gasteiger partial charge on any atom is -0.284 e. The number of thioether (sulfide) groups is 1. The third-order valence-electron chi connectivity index (χ3n) is 1.58. The monoisotopic (exact) mass is 212 g/mol. The van der Waals surface area contributed by atoms with E-state index in [0.717, 1.165) is 17.8 Å². The van der Waals surface area contributed by atoms with Crippen molar-refractivity contribution in [1.82, 2.24) is 0 Å². The Morgan fingerprint density at radius 1 is 1.36 bits per heavy atom. The zero-order valence-electron chi connectivity index (χ0n) is 7.62. The van der Waals surface area contributed by atoms with Gasteiger partial charge in [0.1, 0.15) is 5.82 Å². The molecule has 0 aliphatic rings. The van der Waals surface area contributed by atoms with Crippen molar-refractivity contribution in [2.24, 2.45) is 0 Å². The molecule has 0 atom stereocenters. The van der Waals surface area contributed by atoms with Gasteiger partial charge in [0.05, 0.1) is 5.56 Å². The molecular weight excluding hydrogens is 203 g/mol. The van der Waals surface area contributed by atoms with E-state index in [9.17, 15) is 14.0 Å². The summed E-state index contributed by atoms with van der Waals surface area (Å²) < 4.78 is 13.1. The van der Waals surface area contributed by atoms with E-state index in [1.54, 1.807) is 6.92 Å². The predicted octanol–water partition coefficient (Wildman–Crippen LogP) is 2.29. The highest BCUT2D eigenvalue weighted by atomic mass is 32.2. The molecule has 0 fully saturated rings. The maximum atomic E-state index is 13.1. The fourth-order valence-corrected chi connectivity index (χ4v) is 1.46. The van der Waals surface area contributed by atoms with Gasteiger partial charge in [-0.1, -0.05) is 30.8 Å². The zero-order chi connectivity index (χ0) is 10.6. The molecule has 0 saturated carbocycles. The van der Waals surface area contributed by atoms with Crippen molar-refractivity contribution < 1.29 is 14.0 Å². The van der Waals surface area contributed by atoms with Crippen molar-refractivity contribution in [3.8, 4) is 0 Å². The van der Waals surface area contributed by atoms with Gasteiger partial charge in [0.15, 0.2) is 0 Å². The molecule has 74 valence electrons. The molecular formula is C10H9FO2S. The van der Waals surface area contributed by atoms with Gasteiger partial charge >= 0.3 is 0 Å². The summed E-state index contributed by atoms with van der Waals surface area (Å²) in [6.07, 6.45) is 0. The molecule has 0 bridgehead atoms. The predicted molar refractivity (Wildman–Crippen MR) is 53.9 cm³/mol. The number of Topliss-reactive ketones (excluding diaryl/α,β-unsaturated/α-hetero) is 1. The summed E-state index contributed by atoms with van der Waals surface area (Å²) in [6, 6.07) is 5.48. The summed E-state index contributed by atoms with van der Waals surface area (Å²) in [6.45, 7) is 1.76. The first-order chi connectivity index (χ1) is 6.66. The minimum atomic E-state index is -0.769. The lowest BCUT2D eigenvalue weighted by molar-refractivity contribution is -0.107. The number of benzene rings is 1. The molecule has 14 heavy (non-hydrogen) atoms. The van der Waals surface area contributed by atoms with Crippen molar-refractivity contribution >= 4 is 22.7 Å². The van der Waals surface area contributed by atoms with Crippen molar-refractivity contribution in [3.05, 3.63) is 35.6 Å². The van der Waals surface area contributed by atoms with Crippen LogP contribution >= 0.6 is 11.8 Å². The van der Waals surface area contributed by atoms with Crippen molar-refractivity contribution in [2.45, 2.75) is 6.92 Å². The summed E-state index contributed by atoms with van der Waals surface area (Å²) in [5, 5.41) is -0.613.